The van der Waals surface area contributed by atoms with E-state index in [0.717, 1.165) is 0 Å². The van der Waals surface area contributed by atoms with Gasteiger partial charge in [-0.2, -0.15) is 0 Å². The Hall–Kier alpha value is 1.59. The molecule has 0 aliphatic rings. The van der Waals surface area contributed by atoms with E-state index in [0.29, 0.717) is 0 Å². The molecule has 0 N–H and O–H groups in total. The summed E-state index contributed by atoms with van der Waals surface area (Å²) in [6, 6.07) is 0. The van der Waals surface area contributed by atoms with Gasteiger partial charge in [0.15, 0.2) is 0 Å². The Kier molecular flexibility index (Phi) is 103. The standard InChI is InChI=1S/Co.Fe.Mg.O.2H/q;;+2;;2*-1. The first-order valence-electron chi connectivity index (χ1n) is 0.136. The van der Waals surface area contributed by atoms with Crippen molar-refractivity contribution in [2.75, 3.05) is 0 Å². The van der Waals surface area contributed by atoms with Crippen LogP contribution in [0.3, 0.4) is 0 Å². The van der Waals surface area contributed by atoms with Crippen LogP contribution in [-0.2, 0) is 36.6 Å². The molecule has 4 heteroatoms. The normalized spacial score (nSPS) is 1.25. The number of hydrogen-bond acceptors (Lipinski definition) is 1. The molecule has 0 aliphatic heterocycles. The van der Waals surface area contributed by atoms with Crippen molar-refractivity contribution in [3.8, 4) is 0 Å². The van der Waals surface area contributed by atoms with Gasteiger partial charge < -0.3 is 2.85 Å². The Morgan fingerprint density at radius 3 is 1.50 bits per heavy atom. The summed E-state index contributed by atoms with van der Waals surface area (Å²) < 4.78 is 7.94. The summed E-state index contributed by atoms with van der Waals surface area (Å²) in [7, 11) is 0. The van der Waals surface area contributed by atoms with Gasteiger partial charge in [0, 0.05) is 17.1 Å². The fourth-order valence-corrected chi connectivity index (χ4v) is 0. The molecular formula is H2CoFeMgO. The Labute approximate surface area is 62.3 Å². The van der Waals surface area contributed by atoms with Crippen molar-refractivity contribution in [1.29, 1.82) is 0 Å². The van der Waals surface area contributed by atoms with Crippen molar-refractivity contribution in [2.24, 2.45) is 0 Å². The van der Waals surface area contributed by atoms with Crippen LogP contribution in [-0.4, -0.2) is 23.1 Å². The van der Waals surface area contributed by atoms with Crippen molar-refractivity contribution in [1.82, 2.24) is 0 Å². The minimum absolute atomic E-state index is 0. The fourth-order valence-electron chi connectivity index (χ4n) is 0. The van der Waals surface area contributed by atoms with Crippen LogP contribution in [0.15, 0.2) is 0 Å². The van der Waals surface area contributed by atoms with Gasteiger partial charge in [-0.15, -0.1) is 0 Å². The fraction of sp³-hybridized carbons (Fsp3) is 0. The molecule has 0 radical (unpaired) electrons. The zero-order valence-corrected chi connectivity index (χ0v) is 5.36. The molecule has 0 heterocycles. The van der Waals surface area contributed by atoms with Crippen LogP contribution in [0, 0.1) is 0 Å². The molecule has 27 valence electrons. The minimum atomic E-state index is 0. The average molecular weight is 157 g/mol. The van der Waals surface area contributed by atoms with E-state index in [9.17, 15) is 0 Å². The molecule has 0 fully saturated rings. The Morgan fingerprint density at radius 1 is 1.50 bits per heavy atom. The van der Waals surface area contributed by atoms with E-state index in [1.165, 1.54) is 0 Å². The molecule has 0 spiro atoms. The van der Waals surface area contributed by atoms with Crippen LogP contribution in [0.4, 0.5) is 0 Å². The van der Waals surface area contributed by atoms with Crippen LogP contribution >= 0.6 is 0 Å². The molecule has 0 aromatic carbocycles. The van der Waals surface area contributed by atoms with E-state index in [1.54, 1.807) is 0 Å². The second-order valence-electron chi connectivity index (χ2n) is 0. The van der Waals surface area contributed by atoms with E-state index < -0.39 is 0 Å². The first-order chi connectivity index (χ1) is 1.00. The molecule has 0 aromatic rings. The summed E-state index contributed by atoms with van der Waals surface area (Å²) in [6.45, 7) is 0. The first-order valence-corrected chi connectivity index (χ1v) is 0.561. The summed E-state index contributed by atoms with van der Waals surface area (Å²) in [4.78, 5) is 0. The first kappa shape index (κ1) is 17.6. The maximum absolute atomic E-state index is 7.94. The summed E-state index contributed by atoms with van der Waals surface area (Å²) >= 11 is 2.31. The Balaban J connectivity index is -0.000000000833. The quantitative estimate of drug-likeness (QED) is 0.442. The predicted molar refractivity (Wildman–Crippen MR) is 8.66 cm³/mol. The molecule has 0 saturated heterocycles. The summed E-state index contributed by atoms with van der Waals surface area (Å²) in [5.41, 5.74) is 0. The van der Waals surface area contributed by atoms with E-state index in [-0.39, 0.29) is 43.0 Å². The predicted octanol–water partition coefficient (Wildman–Crippen LogP) is -0.280. The van der Waals surface area contributed by atoms with Gasteiger partial charge in [-0.1, -0.05) is 0 Å². The van der Waals surface area contributed by atoms with E-state index in [2.05, 4.69) is 15.7 Å². The van der Waals surface area contributed by atoms with Gasteiger partial charge >= 0.3 is 42.6 Å². The molecule has 0 bridgehead atoms. The second kappa shape index (κ2) is 23.4. The van der Waals surface area contributed by atoms with Crippen molar-refractivity contribution in [3.05, 3.63) is 0 Å². The van der Waals surface area contributed by atoms with Crippen LogP contribution < -0.4 is 0 Å². The van der Waals surface area contributed by atoms with Gasteiger partial charge in [-0.25, -0.2) is 0 Å². The molecule has 0 aliphatic carbocycles. The molecule has 1 nitrogen and oxygen atoms in total. The monoisotopic (exact) mass is 157 g/mol. The van der Waals surface area contributed by atoms with Crippen LogP contribution in [0.2, 0.25) is 0 Å². The Morgan fingerprint density at radius 2 is 1.50 bits per heavy atom. The topological polar surface area (TPSA) is 17.1 Å². The van der Waals surface area contributed by atoms with Gasteiger partial charge in [-0.05, 0) is 0 Å². The number of rotatable bonds is 0. The molecule has 4 heavy (non-hydrogen) atoms. The SMILES string of the molecule is [Fe].[H-].[H-].[Mg+2].[O]=[Co]. The van der Waals surface area contributed by atoms with Gasteiger partial charge in [0.2, 0.25) is 0 Å². The van der Waals surface area contributed by atoms with Crippen LogP contribution in [0.1, 0.15) is 2.85 Å². The molecule has 0 aromatic heterocycles. The van der Waals surface area contributed by atoms with E-state index >= 15 is 0 Å². The van der Waals surface area contributed by atoms with Crippen LogP contribution in [0.5, 0.6) is 0 Å². The maximum atomic E-state index is 7.94. The van der Waals surface area contributed by atoms with Gasteiger partial charge in [0.05, 0.1) is 0 Å². The van der Waals surface area contributed by atoms with Gasteiger partial charge in [0.1, 0.15) is 0 Å². The average Bonchev–Trinajstić information content (AvgIpc) is 1.00. The molecule has 0 saturated carbocycles. The molecule has 0 atom stereocenters. The third-order valence-corrected chi connectivity index (χ3v) is 0. The second-order valence-corrected chi connectivity index (χ2v) is 0. The van der Waals surface area contributed by atoms with E-state index in [1.807, 2.05) is 0 Å². The van der Waals surface area contributed by atoms with E-state index in [4.69, 9.17) is 3.87 Å². The third kappa shape index (κ3) is 9.52. The van der Waals surface area contributed by atoms with Gasteiger partial charge in [0.25, 0.3) is 0 Å². The molecule has 0 amide bonds. The zero-order chi connectivity index (χ0) is 2.00. The van der Waals surface area contributed by atoms with Crippen molar-refractivity contribution < 1.29 is 39.5 Å². The summed E-state index contributed by atoms with van der Waals surface area (Å²) in [5.74, 6) is 0. The third-order valence-electron chi connectivity index (χ3n) is 0. The molecular weight excluding hydrogens is 155 g/mol. The summed E-state index contributed by atoms with van der Waals surface area (Å²) in [6.07, 6.45) is 0. The molecule has 0 unspecified atom stereocenters. The summed E-state index contributed by atoms with van der Waals surface area (Å²) in [5, 5.41) is 0. The Bertz CT molecular complexity index is 13.5. The van der Waals surface area contributed by atoms with Crippen LogP contribution in [0.25, 0.3) is 0 Å². The zero-order valence-electron chi connectivity index (χ0n) is 3.80. The van der Waals surface area contributed by atoms with Gasteiger partial charge in [-0.3, -0.25) is 0 Å². The van der Waals surface area contributed by atoms with Crippen molar-refractivity contribution in [3.63, 3.8) is 0 Å². The number of hydrogen-bond donors (Lipinski definition) is 0. The van der Waals surface area contributed by atoms with Crippen molar-refractivity contribution >= 4 is 23.1 Å². The van der Waals surface area contributed by atoms with Crippen molar-refractivity contribution in [2.45, 2.75) is 0 Å². The molecule has 0 rings (SSSR count).